The minimum absolute atomic E-state index is 0.352. The van der Waals surface area contributed by atoms with Crippen LogP contribution in [0.1, 0.15) is 19.4 Å². The lowest BCUT2D eigenvalue weighted by Crippen LogP contribution is -2.26. The molecule has 0 N–H and O–H groups in total. The molecular weight excluding hydrogens is 256 g/mol. The summed E-state index contributed by atoms with van der Waals surface area (Å²) >= 11 is 0. The number of carbonyl (C=O) groups is 1. The predicted molar refractivity (Wildman–Crippen MR) is 74.5 cm³/mol. The zero-order chi connectivity index (χ0) is 14.4. The van der Waals surface area contributed by atoms with Crippen molar-refractivity contribution in [1.29, 1.82) is 0 Å². The summed E-state index contributed by atoms with van der Waals surface area (Å²) in [6, 6.07) is 7.63. The van der Waals surface area contributed by atoms with Gasteiger partial charge in [-0.2, -0.15) is 0 Å². The van der Waals surface area contributed by atoms with Crippen molar-refractivity contribution in [1.82, 2.24) is 9.55 Å². The highest BCUT2D eigenvalue weighted by Crippen LogP contribution is 2.15. The van der Waals surface area contributed by atoms with Gasteiger partial charge in [-0.15, -0.1) is 0 Å². The van der Waals surface area contributed by atoms with Crippen LogP contribution < -0.4 is 4.74 Å². The molecular formula is C15H18N2O3. The van der Waals surface area contributed by atoms with Gasteiger partial charge in [0.05, 0.1) is 12.9 Å². The van der Waals surface area contributed by atoms with E-state index in [-0.39, 0.29) is 5.97 Å². The van der Waals surface area contributed by atoms with Gasteiger partial charge in [-0.05, 0) is 31.5 Å². The second kappa shape index (κ2) is 6.75. The molecule has 0 aliphatic rings. The van der Waals surface area contributed by atoms with Crippen LogP contribution in [0.4, 0.5) is 0 Å². The maximum absolute atomic E-state index is 11.5. The third-order valence-corrected chi connectivity index (χ3v) is 2.78. The quantitative estimate of drug-likeness (QED) is 0.758. The number of esters is 1. The van der Waals surface area contributed by atoms with Gasteiger partial charge in [0.2, 0.25) is 0 Å². The number of imidazole rings is 1. The Kier molecular flexibility index (Phi) is 4.76. The molecule has 2 rings (SSSR count). The molecule has 5 nitrogen and oxygen atoms in total. The van der Waals surface area contributed by atoms with E-state index < -0.39 is 6.10 Å². The van der Waals surface area contributed by atoms with Crippen molar-refractivity contribution in [3.8, 4) is 5.75 Å². The molecule has 0 aliphatic heterocycles. The molecule has 1 aromatic heterocycles. The molecule has 1 atom stereocenters. The van der Waals surface area contributed by atoms with Gasteiger partial charge in [-0.25, -0.2) is 9.78 Å². The molecule has 0 fully saturated rings. The third-order valence-electron chi connectivity index (χ3n) is 2.78. The summed E-state index contributed by atoms with van der Waals surface area (Å²) in [6.07, 6.45) is 4.83. The summed E-state index contributed by atoms with van der Waals surface area (Å²) in [5.41, 5.74) is 1.14. The molecule has 0 saturated heterocycles. The fraction of sp³-hybridized carbons (Fsp3) is 0.333. The third kappa shape index (κ3) is 3.85. The summed E-state index contributed by atoms with van der Waals surface area (Å²) in [6.45, 7) is 4.57. The Balaban J connectivity index is 1.92. The van der Waals surface area contributed by atoms with Crippen LogP contribution in [0.3, 0.4) is 0 Å². The average Bonchev–Trinajstić information content (AvgIpc) is 2.94. The zero-order valence-electron chi connectivity index (χ0n) is 11.7. The lowest BCUT2D eigenvalue weighted by molar-refractivity contribution is -0.150. The van der Waals surface area contributed by atoms with Gasteiger partial charge in [0.15, 0.2) is 6.10 Å². The van der Waals surface area contributed by atoms with Crippen LogP contribution in [0.2, 0.25) is 0 Å². The van der Waals surface area contributed by atoms with Crippen molar-refractivity contribution in [3.63, 3.8) is 0 Å². The smallest absolute Gasteiger partial charge is 0.347 e. The van der Waals surface area contributed by atoms with Crippen LogP contribution in [0.15, 0.2) is 43.0 Å². The van der Waals surface area contributed by atoms with Crippen molar-refractivity contribution < 1.29 is 14.3 Å². The van der Waals surface area contributed by atoms with Crippen molar-refractivity contribution >= 4 is 5.97 Å². The number of aromatic nitrogens is 2. The van der Waals surface area contributed by atoms with Crippen LogP contribution in [0.5, 0.6) is 5.75 Å². The average molecular weight is 274 g/mol. The SMILES string of the molecule is CCOC(=O)[C@@H](C)Oc1ccc(Cn2ccnc2)cc1. The number of ether oxygens (including phenoxy) is 2. The van der Waals surface area contributed by atoms with E-state index in [4.69, 9.17) is 9.47 Å². The monoisotopic (exact) mass is 274 g/mol. The number of rotatable bonds is 6. The van der Waals surface area contributed by atoms with Crippen molar-refractivity contribution in [3.05, 3.63) is 48.5 Å². The van der Waals surface area contributed by atoms with Crippen molar-refractivity contribution in [2.45, 2.75) is 26.5 Å². The number of hydrogen-bond acceptors (Lipinski definition) is 4. The molecule has 2 aromatic rings. The number of carbonyl (C=O) groups excluding carboxylic acids is 1. The summed E-state index contributed by atoms with van der Waals surface area (Å²) in [5.74, 6) is 0.301. The summed E-state index contributed by atoms with van der Waals surface area (Å²) < 4.78 is 12.4. The molecule has 1 heterocycles. The van der Waals surface area contributed by atoms with Crippen LogP contribution >= 0.6 is 0 Å². The van der Waals surface area contributed by atoms with Gasteiger partial charge in [-0.1, -0.05) is 12.1 Å². The van der Waals surface area contributed by atoms with Crippen LogP contribution in [0, 0.1) is 0 Å². The first-order valence-electron chi connectivity index (χ1n) is 6.57. The van der Waals surface area contributed by atoms with Gasteiger partial charge in [0.1, 0.15) is 5.75 Å². The standard InChI is InChI=1S/C15H18N2O3/c1-3-19-15(18)12(2)20-14-6-4-13(5-7-14)10-17-9-8-16-11-17/h4-9,11-12H,3,10H2,1-2H3/t12-/m1/s1. The largest absolute Gasteiger partial charge is 0.479 e. The van der Waals surface area contributed by atoms with E-state index in [1.165, 1.54) is 0 Å². The lowest BCUT2D eigenvalue weighted by atomic mass is 10.2. The van der Waals surface area contributed by atoms with E-state index >= 15 is 0 Å². The van der Waals surface area contributed by atoms with Gasteiger partial charge in [0, 0.05) is 18.9 Å². The van der Waals surface area contributed by atoms with E-state index in [1.807, 2.05) is 35.0 Å². The minimum Gasteiger partial charge on any atom is -0.479 e. The molecule has 0 unspecified atom stereocenters. The van der Waals surface area contributed by atoms with E-state index in [2.05, 4.69) is 4.98 Å². The molecule has 0 radical (unpaired) electrons. The second-order valence-electron chi connectivity index (χ2n) is 4.39. The lowest BCUT2D eigenvalue weighted by Gasteiger charge is -2.13. The first kappa shape index (κ1) is 14.1. The number of benzene rings is 1. The Labute approximate surface area is 118 Å². The Bertz CT molecular complexity index is 535. The predicted octanol–water partition coefficient (Wildman–Crippen LogP) is 2.26. The van der Waals surface area contributed by atoms with Gasteiger partial charge >= 0.3 is 5.97 Å². The molecule has 0 bridgehead atoms. The van der Waals surface area contributed by atoms with Gasteiger partial charge in [0.25, 0.3) is 0 Å². The molecule has 1 aromatic carbocycles. The fourth-order valence-corrected chi connectivity index (χ4v) is 1.78. The second-order valence-corrected chi connectivity index (χ2v) is 4.39. The van der Waals surface area contributed by atoms with Crippen molar-refractivity contribution in [2.24, 2.45) is 0 Å². The Hall–Kier alpha value is -2.30. The Morgan fingerprint density at radius 1 is 1.35 bits per heavy atom. The summed E-state index contributed by atoms with van der Waals surface area (Å²) in [4.78, 5) is 15.5. The van der Waals surface area contributed by atoms with Crippen molar-refractivity contribution in [2.75, 3.05) is 6.61 Å². The summed E-state index contributed by atoms with van der Waals surface area (Å²) in [5, 5.41) is 0. The number of hydrogen-bond donors (Lipinski definition) is 0. The Morgan fingerprint density at radius 3 is 2.70 bits per heavy atom. The molecule has 0 aliphatic carbocycles. The van der Waals surface area contributed by atoms with Crippen LogP contribution in [-0.4, -0.2) is 28.2 Å². The highest BCUT2D eigenvalue weighted by molar-refractivity contribution is 5.74. The van der Waals surface area contributed by atoms with Gasteiger partial charge in [-0.3, -0.25) is 0 Å². The van der Waals surface area contributed by atoms with E-state index in [0.717, 1.165) is 12.1 Å². The van der Waals surface area contributed by atoms with Crippen LogP contribution in [-0.2, 0) is 16.1 Å². The maximum Gasteiger partial charge on any atom is 0.347 e. The molecule has 0 saturated carbocycles. The first-order valence-corrected chi connectivity index (χ1v) is 6.57. The topological polar surface area (TPSA) is 53.4 Å². The number of nitrogens with zero attached hydrogens (tertiary/aromatic N) is 2. The molecule has 0 spiro atoms. The molecule has 20 heavy (non-hydrogen) atoms. The van der Waals surface area contributed by atoms with E-state index in [1.54, 1.807) is 26.4 Å². The first-order chi connectivity index (χ1) is 9.69. The van der Waals surface area contributed by atoms with Gasteiger partial charge < -0.3 is 14.0 Å². The zero-order valence-corrected chi connectivity index (χ0v) is 11.7. The molecule has 5 heteroatoms. The Morgan fingerprint density at radius 2 is 2.10 bits per heavy atom. The fourth-order valence-electron chi connectivity index (χ4n) is 1.78. The molecule has 0 amide bonds. The molecule has 106 valence electrons. The highest BCUT2D eigenvalue weighted by atomic mass is 16.6. The summed E-state index contributed by atoms with van der Waals surface area (Å²) in [7, 11) is 0. The van der Waals surface area contributed by atoms with E-state index in [0.29, 0.717) is 12.4 Å². The highest BCUT2D eigenvalue weighted by Gasteiger charge is 2.15. The minimum atomic E-state index is -0.602. The van der Waals surface area contributed by atoms with E-state index in [9.17, 15) is 4.79 Å². The maximum atomic E-state index is 11.5. The normalized spacial score (nSPS) is 11.9. The van der Waals surface area contributed by atoms with Crippen LogP contribution in [0.25, 0.3) is 0 Å².